The van der Waals surface area contributed by atoms with Crippen LogP contribution in [0.1, 0.15) is 31.9 Å². The van der Waals surface area contributed by atoms with Crippen molar-refractivity contribution in [3.05, 3.63) is 54.1 Å². The van der Waals surface area contributed by atoms with E-state index in [0.29, 0.717) is 0 Å². The van der Waals surface area contributed by atoms with Crippen LogP contribution in [0.3, 0.4) is 0 Å². The molecule has 4 nitrogen and oxygen atoms in total. The highest BCUT2D eigenvalue weighted by atomic mass is 32.2. The van der Waals surface area contributed by atoms with Crippen molar-refractivity contribution in [1.82, 2.24) is 5.32 Å². The van der Waals surface area contributed by atoms with Crippen LogP contribution in [0.2, 0.25) is 0 Å². The maximum absolute atomic E-state index is 13.8. The lowest BCUT2D eigenvalue weighted by molar-refractivity contribution is -0.236. The highest BCUT2D eigenvalue weighted by Gasteiger charge is 2.44. The predicted octanol–water partition coefficient (Wildman–Crippen LogP) is 5.75. The third-order valence-corrected chi connectivity index (χ3v) is 5.30. The summed E-state index contributed by atoms with van der Waals surface area (Å²) in [6.45, 7) is 3.28. The van der Waals surface area contributed by atoms with Crippen LogP contribution in [0.25, 0.3) is 11.1 Å². The Bertz CT molecular complexity index is 891. The van der Waals surface area contributed by atoms with Gasteiger partial charge in [0, 0.05) is 4.90 Å². The van der Waals surface area contributed by atoms with Gasteiger partial charge in [0.15, 0.2) is 6.10 Å². The molecule has 0 saturated carbocycles. The van der Waals surface area contributed by atoms with Gasteiger partial charge in [0.25, 0.3) is 0 Å². The molecule has 8 heteroatoms. The number of nitriles is 1. The van der Waals surface area contributed by atoms with Gasteiger partial charge in [0.1, 0.15) is 12.6 Å². The first-order chi connectivity index (χ1) is 14.7. The molecule has 2 atom stereocenters. The smallest absolute Gasteiger partial charge is 0.351 e. The average molecular weight is 451 g/mol. The number of nitrogens with zero attached hydrogens (tertiary/aromatic N) is 1. The highest BCUT2D eigenvalue weighted by Crippen LogP contribution is 2.38. The Hall–Kier alpha value is -2.50. The van der Waals surface area contributed by atoms with Crippen molar-refractivity contribution in [3.63, 3.8) is 0 Å². The number of ether oxygens (including phenoxy) is 1. The molecule has 1 amide bonds. The van der Waals surface area contributed by atoms with Gasteiger partial charge in [-0.1, -0.05) is 50.2 Å². The summed E-state index contributed by atoms with van der Waals surface area (Å²) in [7, 11) is 0. The van der Waals surface area contributed by atoms with Gasteiger partial charge in [0.05, 0.1) is 6.07 Å². The van der Waals surface area contributed by atoms with E-state index in [1.165, 1.54) is 12.1 Å². The number of thioether (sulfide) groups is 1. The van der Waals surface area contributed by atoms with Gasteiger partial charge in [-0.25, -0.2) is 0 Å². The lowest BCUT2D eigenvalue weighted by atomic mass is 10.0. The molecule has 0 saturated heterocycles. The highest BCUT2D eigenvalue weighted by molar-refractivity contribution is 7.98. The number of carbonyl (C=O) groups excluding carboxylic acids is 1. The number of hydrogen-bond donors (Lipinski definition) is 1. The normalized spacial score (nSPS) is 13.5. The summed E-state index contributed by atoms with van der Waals surface area (Å²) in [6.07, 6.45) is -6.21. The Labute approximate surface area is 184 Å². The summed E-state index contributed by atoms with van der Waals surface area (Å²) in [5.41, 5.74) is 1.59. The van der Waals surface area contributed by atoms with E-state index in [-0.39, 0.29) is 24.4 Å². The first kappa shape index (κ1) is 24.8. The standard InChI is InChI=1S/C23H25F3N2O2S/c1-15(2)14-20(22(29)28-13-12-27)30-21(23(24,25)26)18-6-4-16(5-7-18)17-8-10-19(31-3)11-9-17/h4-11,15,20-21H,13-14H2,1-3H3,(H,28,29)/t20?,21-/m1/s1. The van der Waals surface area contributed by atoms with Crippen LogP contribution >= 0.6 is 11.8 Å². The van der Waals surface area contributed by atoms with Crippen LogP contribution in [0.15, 0.2) is 53.4 Å². The number of halogens is 3. The Morgan fingerprint density at radius 2 is 1.65 bits per heavy atom. The minimum atomic E-state index is -4.70. The molecule has 2 rings (SSSR count). The lowest BCUT2D eigenvalue weighted by Crippen LogP contribution is -2.40. The van der Waals surface area contributed by atoms with Crippen LogP contribution in [0.5, 0.6) is 0 Å². The van der Waals surface area contributed by atoms with Crippen molar-refractivity contribution in [2.24, 2.45) is 5.92 Å². The number of amides is 1. The van der Waals surface area contributed by atoms with Gasteiger partial charge >= 0.3 is 6.18 Å². The predicted molar refractivity (Wildman–Crippen MR) is 115 cm³/mol. The third kappa shape index (κ3) is 7.30. The molecule has 166 valence electrons. The quantitative estimate of drug-likeness (QED) is 0.390. The van der Waals surface area contributed by atoms with E-state index in [1.54, 1.807) is 43.8 Å². The topological polar surface area (TPSA) is 62.1 Å². The number of benzene rings is 2. The third-order valence-electron chi connectivity index (χ3n) is 4.55. The van der Waals surface area contributed by atoms with Gasteiger partial charge in [-0.05, 0) is 47.4 Å². The number of nitrogens with one attached hydrogen (secondary N) is 1. The van der Waals surface area contributed by atoms with Crippen molar-refractivity contribution in [2.75, 3.05) is 12.8 Å². The molecule has 0 radical (unpaired) electrons. The summed E-state index contributed by atoms with van der Waals surface area (Å²) in [5, 5.41) is 10.9. The second kappa shape index (κ2) is 11.2. The molecule has 0 aromatic heterocycles. The molecule has 2 aromatic rings. The van der Waals surface area contributed by atoms with E-state index < -0.39 is 24.3 Å². The minimum absolute atomic E-state index is 0.0710. The van der Waals surface area contributed by atoms with Gasteiger partial charge in [-0.15, -0.1) is 11.8 Å². The Morgan fingerprint density at radius 3 is 2.10 bits per heavy atom. The fourth-order valence-corrected chi connectivity index (χ4v) is 3.44. The zero-order valence-electron chi connectivity index (χ0n) is 17.6. The maximum atomic E-state index is 13.8. The van der Waals surface area contributed by atoms with Crippen molar-refractivity contribution < 1.29 is 22.7 Å². The average Bonchev–Trinajstić information content (AvgIpc) is 2.74. The molecule has 0 fully saturated rings. The summed E-state index contributed by atoms with van der Waals surface area (Å²) in [6, 6.07) is 15.4. The minimum Gasteiger partial charge on any atom is -0.351 e. The number of rotatable bonds is 9. The number of hydrogen-bond acceptors (Lipinski definition) is 4. The maximum Gasteiger partial charge on any atom is 0.418 e. The molecule has 1 N–H and O–H groups in total. The van der Waals surface area contributed by atoms with Crippen molar-refractivity contribution in [3.8, 4) is 17.2 Å². The van der Waals surface area contributed by atoms with Crippen LogP contribution in [0.4, 0.5) is 13.2 Å². The van der Waals surface area contributed by atoms with Crippen molar-refractivity contribution in [1.29, 1.82) is 5.26 Å². The van der Waals surface area contributed by atoms with Gasteiger partial charge in [-0.2, -0.15) is 18.4 Å². The molecular formula is C23H25F3N2O2S. The Balaban J connectivity index is 2.28. The van der Waals surface area contributed by atoms with E-state index in [9.17, 15) is 18.0 Å². The van der Waals surface area contributed by atoms with E-state index in [0.717, 1.165) is 16.0 Å². The zero-order chi connectivity index (χ0) is 23.0. The van der Waals surface area contributed by atoms with E-state index in [2.05, 4.69) is 5.32 Å². The van der Waals surface area contributed by atoms with Crippen LogP contribution in [-0.4, -0.2) is 31.0 Å². The summed E-state index contributed by atoms with van der Waals surface area (Å²) >= 11 is 1.61. The largest absolute Gasteiger partial charge is 0.418 e. The molecule has 0 aliphatic rings. The molecule has 1 unspecified atom stereocenters. The molecule has 0 heterocycles. The zero-order valence-corrected chi connectivity index (χ0v) is 18.4. The SMILES string of the molecule is CSc1ccc(-c2ccc([C@@H](OC(CC(C)C)C(=O)NCC#N)C(F)(F)F)cc2)cc1. The van der Waals surface area contributed by atoms with Crippen LogP contribution < -0.4 is 5.32 Å². The van der Waals surface area contributed by atoms with Crippen LogP contribution in [-0.2, 0) is 9.53 Å². The fraction of sp³-hybridized carbons (Fsp3) is 0.391. The number of carbonyl (C=O) groups is 1. The summed E-state index contributed by atoms with van der Waals surface area (Å²) < 4.78 is 46.7. The lowest BCUT2D eigenvalue weighted by Gasteiger charge is -2.27. The summed E-state index contributed by atoms with van der Waals surface area (Å²) in [5.74, 6) is -0.798. The molecule has 2 aromatic carbocycles. The van der Waals surface area contributed by atoms with E-state index >= 15 is 0 Å². The molecular weight excluding hydrogens is 425 g/mol. The summed E-state index contributed by atoms with van der Waals surface area (Å²) in [4.78, 5) is 13.4. The monoisotopic (exact) mass is 450 g/mol. The molecule has 31 heavy (non-hydrogen) atoms. The molecule has 0 bridgehead atoms. The molecule has 0 spiro atoms. The van der Waals surface area contributed by atoms with E-state index in [4.69, 9.17) is 10.00 Å². The number of alkyl halides is 3. The van der Waals surface area contributed by atoms with Gasteiger partial charge in [-0.3, -0.25) is 4.79 Å². The first-order valence-electron chi connectivity index (χ1n) is 9.77. The van der Waals surface area contributed by atoms with Gasteiger partial charge in [0.2, 0.25) is 5.91 Å². The van der Waals surface area contributed by atoms with E-state index in [1.807, 2.05) is 30.5 Å². The van der Waals surface area contributed by atoms with Crippen molar-refractivity contribution in [2.45, 2.75) is 43.5 Å². The van der Waals surface area contributed by atoms with Crippen molar-refractivity contribution >= 4 is 17.7 Å². The second-order valence-corrected chi connectivity index (χ2v) is 8.28. The molecule has 0 aliphatic carbocycles. The molecule has 0 aliphatic heterocycles. The van der Waals surface area contributed by atoms with Gasteiger partial charge < -0.3 is 10.1 Å². The Morgan fingerprint density at radius 1 is 1.10 bits per heavy atom. The second-order valence-electron chi connectivity index (χ2n) is 7.40. The fourth-order valence-electron chi connectivity index (χ4n) is 3.04. The Kier molecular flexibility index (Phi) is 8.96. The first-order valence-corrected chi connectivity index (χ1v) is 11.0. The van der Waals surface area contributed by atoms with Crippen LogP contribution in [0, 0.1) is 17.2 Å².